The van der Waals surface area contributed by atoms with Crippen molar-refractivity contribution in [2.45, 2.75) is 26.2 Å². The van der Waals surface area contributed by atoms with E-state index in [1.54, 1.807) is 11.3 Å². The van der Waals surface area contributed by atoms with E-state index in [1.807, 2.05) is 6.92 Å². The summed E-state index contributed by atoms with van der Waals surface area (Å²) < 4.78 is 6.14. The summed E-state index contributed by atoms with van der Waals surface area (Å²) in [5.74, 6) is -0.142. The quantitative estimate of drug-likeness (QED) is 0.618. The molecular formula is C10H11IO2S. The van der Waals surface area contributed by atoms with Crippen molar-refractivity contribution in [2.75, 3.05) is 6.61 Å². The Morgan fingerprint density at radius 3 is 3.07 bits per heavy atom. The first-order valence-electron chi connectivity index (χ1n) is 4.71. The van der Waals surface area contributed by atoms with E-state index in [4.69, 9.17) is 4.74 Å². The Bertz CT molecular complexity index is 370. The van der Waals surface area contributed by atoms with Crippen LogP contribution in [0.3, 0.4) is 0 Å². The van der Waals surface area contributed by atoms with E-state index >= 15 is 0 Å². The van der Waals surface area contributed by atoms with Crippen LogP contribution in [0.15, 0.2) is 0 Å². The molecule has 76 valence electrons. The number of carbonyl (C=O) groups is 1. The van der Waals surface area contributed by atoms with Crippen LogP contribution in [0.1, 0.15) is 34.1 Å². The van der Waals surface area contributed by atoms with Gasteiger partial charge in [-0.25, -0.2) is 4.79 Å². The Kier molecular flexibility index (Phi) is 3.11. The molecule has 2 rings (SSSR count). The molecule has 0 spiro atoms. The molecule has 0 unspecified atom stereocenters. The molecule has 2 nitrogen and oxygen atoms in total. The molecule has 0 aromatic carbocycles. The fourth-order valence-corrected chi connectivity index (χ4v) is 4.22. The average Bonchev–Trinajstić information content (AvgIpc) is 2.63. The molecule has 14 heavy (non-hydrogen) atoms. The van der Waals surface area contributed by atoms with Crippen LogP contribution in [0.25, 0.3) is 0 Å². The van der Waals surface area contributed by atoms with Crippen molar-refractivity contribution in [3.63, 3.8) is 0 Å². The Hall–Kier alpha value is -0.100. The predicted molar refractivity (Wildman–Crippen MR) is 65.0 cm³/mol. The number of hydrogen-bond donors (Lipinski definition) is 0. The molecule has 1 aromatic heterocycles. The highest BCUT2D eigenvalue weighted by Crippen LogP contribution is 2.36. The minimum atomic E-state index is -0.142. The molecule has 0 amide bonds. The molecule has 0 saturated carbocycles. The number of halogens is 1. The monoisotopic (exact) mass is 322 g/mol. The van der Waals surface area contributed by atoms with Crippen molar-refractivity contribution in [3.05, 3.63) is 18.9 Å². The maximum Gasteiger partial charge on any atom is 0.340 e. The molecule has 0 atom stereocenters. The summed E-state index contributed by atoms with van der Waals surface area (Å²) in [5.41, 5.74) is 2.09. The zero-order chi connectivity index (χ0) is 10.1. The van der Waals surface area contributed by atoms with Gasteiger partial charge in [-0.3, -0.25) is 0 Å². The molecule has 1 aromatic rings. The molecule has 0 aliphatic heterocycles. The second-order valence-electron chi connectivity index (χ2n) is 3.23. The Labute approximate surface area is 101 Å². The highest BCUT2D eigenvalue weighted by atomic mass is 127. The molecule has 1 aliphatic carbocycles. The smallest absolute Gasteiger partial charge is 0.340 e. The maximum absolute atomic E-state index is 11.7. The summed E-state index contributed by atoms with van der Waals surface area (Å²) in [4.78, 5) is 13.1. The normalized spacial score (nSPS) is 14.1. The predicted octanol–water partition coefficient (Wildman–Crippen LogP) is 3.02. The van der Waals surface area contributed by atoms with Crippen LogP contribution < -0.4 is 0 Å². The van der Waals surface area contributed by atoms with Crippen LogP contribution in [0.5, 0.6) is 0 Å². The number of ether oxygens (including phenoxy) is 1. The zero-order valence-corrected chi connectivity index (χ0v) is 10.9. The van der Waals surface area contributed by atoms with E-state index in [9.17, 15) is 4.79 Å². The van der Waals surface area contributed by atoms with Crippen LogP contribution in [0, 0.1) is 2.88 Å². The zero-order valence-electron chi connectivity index (χ0n) is 7.93. The minimum absolute atomic E-state index is 0.142. The van der Waals surface area contributed by atoms with Crippen molar-refractivity contribution < 1.29 is 9.53 Å². The molecule has 1 aliphatic rings. The van der Waals surface area contributed by atoms with E-state index in [0.717, 1.165) is 21.3 Å². The Morgan fingerprint density at radius 1 is 1.57 bits per heavy atom. The third-order valence-electron chi connectivity index (χ3n) is 2.36. The van der Waals surface area contributed by atoms with Gasteiger partial charge in [0, 0.05) is 4.88 Å². The number of rotatable bonds is 2. The number of aryl methyl sites for hydroxylation is 1. The van der Waals surface area contributed by atoms with Gasteiger partial charge in [0.2, 0.25) is 0 Å². The van der Waals surface area contributed by atoms with Crippen LogP contribution in [0.2, 0.25) is 0 Å². The van der Waals surface area contributed by atoms with Crippen LogP contribution in [-0.4, -0.2) is 12.6 Å². The van der Waals surface area contributed by atoms with Gasteiger partial charge in [-0.15, -0.1) is 11.3 Å². The van der Waals surface area contributed by atoms with Gasteiger partial charge >= 0.3 is 5.97 Å². The van der Waals surface area contributed by atoms with Gasteiger partial charge in [0.15, 0.2) is 0 Å². The van der Waals surface area contributed by atoms with Gasteiger partial charge < -0.3 is 4.74 Å². The molecule has 0 bridgehead atoms. The maximum atomic E-state index is 11.7. The average molecular weight is 322 g/mol. The summed E-state index contributed by atoms with van der Waals surface area (Å²) in [7, 11) is 0. The van der Waals surface area contributed by atoms with Crippen molar-refractivity contribution in [3.8, 4) is 0 Å². The van der Waals surface area contributed by atoms with Gasteiger partial charge in [-0.05, 0) is 54.3 Å². The van der Waals surface area contributed by atoms with Gasteiger partial charge in [0.05, 0.1) is 15.1 Å². The molecule has 1 heterocycles. The largest absolute Gasteiger partial charge is 0.462 e. The summed E-state index contributed by atoms with van der Waals surface area (Å²) in [6.45, 7) is 2.30. The van der Waals surface area contributed by atoms with Crippen molar-refractivity contribution >= 4 is 39.9 Å². The van der Waals surface area contributed by atoms with Gasteiger partial charge in [-0.2, -0.15) is 0 Å². The van der Waals surface area contributed by atoms with Gasteiger partial charge in [0.25, 0.3) is 0 Å². The lowest BCUT2D eigenvalue weighted by atomic mass is 10.1. The Balaban J connectivity index is 2.37. The second-order valence-corrected chi connectivity index (χ2v) is 6.14. The van der Waals surface area contributed by atoms with Crippen LogP contribution >= 0.6 is 33.9 Å². The second kappa shape index (κ2) is 4.18. The standard InChI is InChI=1S/C10H11IO2S/c1-2-13-10(12)8-6-4-3-5-7(6)14-9(8)11/h2-5H2,1H3. The van der Waals surface area contributed by atoms with Gasteiger partial charge in [-0.1, -0.05) is 0 Å². The summed E-state index contributed by atoms with van der Waals surface area (Å²) in [6, 6.07) is 0. The highest BCUT2D eigenvalue weighted by molar-refractivity contribution is 14.1. The van der Waals surface area contributed by atoms with E-state index in [1.165, 1.54) is 16.9 Å². The Morgan fingerprint density at radius 2 is 2.36 bits per heavy atom. The SMILES string of the molecule is CCOC(=O)c1c(I)sc2c1CCC2. The first kappa shape index (κ1) is 10.4. The van der Waals surface area contributed by atoms with E-state index < -0.39 is 0 Å². The number of thiophene rings is 1. The fraction of sp³-hybridized carbons (Fsp3) is 0.500. The molecular weight excluding hydrogens is 311 g/mol. The summed E-state index contributed by atoms with van der Waals surface area (Å²) >= 11 is 3.98. The topological polar surface area (TPSA) is 26.3 Å². The van der Waals surface area contributed by atoms with Crippen molar-refractivity contribution in [2.24, 2.45) is 0 Å². The first-order valence-corrected chi connectivity index (χ1v) is 6.60. The number of esters is 1. The third-order valence-corrected chi connectivity index (χ3v) is 4.64. The molecule has 0 radical (unpaired) electrons. The summed E-state index contributed by atoms with van der Waals surface area (Å²) in [5, 5.41) is 0. The highest BCUT2D eigenvalue weighted by Gasteiger charge is 2.25. The van der Waals surface area contributed by atoms with Crippen molar-refractivity contribution in [1.29, 1.82) is 0 Å². The first-order chi connectivity index (χ1) is 6.74. The minimum Gasteiger partial charge on any atom is -0.462 e. The molecule has 4 heteroatoms. The number of hydrogen-bond acceptors (Lipinski definition) is 3. The van der Waals surface area contributed by atoms with Gasteiger partial charge in [0.1, 0.15) is 0 Å². The van der Waals surface area contributed by atoms with Crippen LogP contribution in [0.4, 0.5) is 0 Å². The number of carbonyl (C=O) groups excluding carboxylic acids is 1. The lowest BCUT2D eigenvalue weighted by Gasteiger charge is -2.02. The lowest BCUT2D eigenvalue weighted by molar-refractivity contribution is 0.0524. The van der Waals surface area contributed by atoms with Crippen LogP contribution in [-0.2, 0) is 17.6 Å². The number of fused-ring (bicyclic) bond motifs is 1. The van der Waals surface area contributed by atoms with E-state index in [0.29, 0.717) is 6.61 Å². The molecule has 0 fully saturated rings. The van der Waals surface area contributed by atoms with E-state index in [-0.39, 0.29) is 5.97 Å². The molecule has 0 N–H and O–H groups in total. The lowest BCUT2D eigenvalue weighted by Crippen LogP contribution is -2.07. The third kappa shape index (κ3) is 1.69. The van der Waals surface area contributed by atoms with E-state index in [2.05, 4.69) is 22.6 Å². The molecule has 0 saturated heterocycles. The van der Waals surface area contributed by atoms with Crippen molar-refractivity contribution in [1.82, 2.24) is 0 Å². The summed E-state index contributed by atoms with van der Waals surface area (Å²) in [6.07, 6.45) is 3.36. The fourth-order valence-electron chi connectivity index (χ4n) is 1.78.